The lowest BCUT2D eigenvalue weighted by atomic mass is 9.80. The third kappa shape index (κ3) is 13.1. The quantitative estimate of drug-likeness (QED) is 0.0243. The van der Waals surface area contributed by atoms with Crippen molar-refractivity contribution < 1.29 is 47.1 Å². The summed E-state index contributed by atoms with van der Waals surface area (Å²) >= 11 is 0. The number of hydrogen-bond donors (Lipinski definition) is 2. The van der Waals surface area contributed by atoms with Crippen LogP contribution in [0.4, 0.5) is 5.95 Å². The molecule has 6 rings (SSSR count). The first-order valence-corrected chi connectivity index (χ1v) is 24.8. The maximum Gasteiger partial charge on any atom is 0.303 e. The molecule has 2 N–H and O–H groups in total. The molecular weight excluding hydrogens is 916 g/mol. The van der Waals surface area contributed by atoms with Crippen LogP contribution in [0.1, 0.15) is 96.7 Å². The molecule has 3 aromatic carbocycles. The van der Waals surface area contributed by atoms with Gasteiger partial charge in [-0.1, -0.05) is 68.4 Å². The summed E-state index contributed by atoms with van der Waals surface area (Å²) in [4.78, 5) is 46.2. The molecule has 1 fully saturated rings. The molecule has 5 aromatic rings. The Morgan fingerprint density at radius 3 is 2.09 bits per heavy atom. The number of anilines is 1. The van der Waals surface area contributed by atoms with Gasteiger partial charge >= 0.3 is 11.9 Å². The van der Waals surface area contributed by atoms with E-state index in [1.54, 1.807) is 20.4 Å². The van der Waals surface area contributed by atoms with E-state index in [0.717, 1.165) is 16.7 Å². The Bertz CT molecular complexity index is 2520. The summed E-state index contributed by atoms with van der Waals surface area (Å²) in [6.45, 7) is 15.4. The molecule has 1 aliphatic heterocycles. The molecule has 0 bridgehead atoms. The molecule has 0 radical (unpaired) electrons. The summed E-state index contributed by atoms with van der Waals surface area (Å²) in [5.41, 5.74) is 1.70. The Balaban J connectivity index is 1.51. The Hall–Kier alpha value is -5.86. The predicted octanol–water partition coefficient (Wildman–Crippen LogP) is 8.80. The summed E-state index contributed by atoms with van der Waals surface area (Å²) in [6, 6.07) is 27.7. The number of aromatic nitrogens is 3. The van der Waals surface area contributed by atoms with Crippen LogP contribution < -0.4 is 20.3 Å². The van der Waals surface area contributed by atoms with Crippen LogP contribution >= 0.6 is 8.53 Å². The molecule has 0 spiro atoms. The van der Waals surface area contributed by atoms with Crippen LogP contribution in [-0.4, -0.2) is 102 Å². The van der Waals surface area contributed by atoms with Gasteiger partial charge in [0.1, 0.15) is 42.1 Å². The molecular formula is C52H67N6O11P. The number of benzene rings is 3. The second-order valence-electron chi connectivity index (χ2n) is 18.1. The Labute approximate surface area is 411 Å². The van der Waals surface area contributed by atoms with Gasteiger partial charge in [0, 0.05) is 51.5 Å². The van der Waals surface area contributed by atoms with Crippen molar-refractivity contribution in [3.63, 3.8) is 0 Å². The van der Waals surface area contributed by atoms with Crippen molar-refractivity contribution in [2.24, 2.45) is 5.92 Å². The number of hydrogen-bond acceptors (Lipinski definition) is 15. The number of rotatable bonds is 25. The largest absolute Gasteiger partial charge is 0.497 e. The second kappa shape index (κ2) is 24.8. The number of fused-ring (bicyclic) bond motifs is 1. The van der Waals surface area contributed by atoms with Crippen molar-refractivity contribution in [2.75, 3.05) is 45.9 Å². The molecule has 18 heteroatoms. The lowest BCUT2D eigenvalue weighted by molar-refractivity contribution is -0.156. The number of nitrogens with zero attached hydrogens (tertiary/aromatic N) is 4. The van der Waals surface area contributed by atoms with Crippen LogP contribution in [0, 0.1) is 17.2 Å². The lowest BCUT2D eigenvalue weighted by Gasteiger charge is -2.39. The van der Waals surface area contributed by atoms with Gasteiger partial charge in [-0.25, -0.2) is 4.67 Å². The number of carbonyl (C=O) groups excluding carboxylic acids is 2. The molecule has 17 nitrogen and oxygen atoms in total. The number of H-pyrrole nitrogens is 1. The number of nitrogens with one attached hydrogen (secondary N) is 2. The molecule has 2 unspecified atom stereocenters. The van der Waals surface area contributed by atoms with Crippen LogP contribution in [-0.2, 0) is 49.6 Å². The molecule has 0 saturated carbocycles. The number of ether oxygens (including phenoxy) is 6. The van der Waals surface area contributed by atoms with Gasteiger partial charge < -0.3 is 47.4 Å². The molecule has 70 heavy (non-hydrogen) atoms. The highest BCUT2D eigenvalue weighted by molar-refractivity contribution is 7.44. The fraction of sp³-hybridized carbons (Fsp3) is 0.481. The van der Waals surface area contributed by atoms with Crippen molar-refractivity contribution in [2.45, 2.75) is 117 Å². The van der Waals surface area contributed by atoms with E-state index in [4.69, 9.17) is 42.5 Å². The van der Waals surface area contributed by atoms with E-state index in [0.29, 0.717) is 29.3 Å². The first-order chi connectivity index (χ1) is 33.6. The van der Waals surface area contributed by atoms with E-state index in [2.05, 4.69) is 48.7 Å². The fourth-order valence-electron chi connectivity index (χ4n) is 8.64. The third-order valence-electron chi connectivity index (χ3n) is 11.7. The number of esters is 2. The Morgan fingerprint density at radius 1 is 0.929 bits per heavy atom. The van der Waals surface area contributed by atoms with E-state index in [1.165, 1.54) is 13.8 Å². The van der Waals surface area contributed by atoms with Crippen LogP contribution in [0.3, 0.4) is 0 Å². The molecule has 5 atom stereocenters. The highest BCUT2D eigenvalue weighted by Crippen LogP contribution is 2.51. The van der Waals surface area contributed by atoms with Gasteiger partial charge in [0.25, 0.3) is 14.1 Å². The van der Waals surface area contributed by atoms with E-state index in [9.17, 15) is 19.6 Å². The highest BCUT2D eigenvalue weighted by atomic mass is 31.2. The van der Waals surface area contributed by atoms with Gasteiger partial charge in [-0.05, 0) is 80.1 Å². The maximum absolute atomic E-state index is 14.2. The van der Waals surface area contributed by atoms with Gasteiger partial charge in [-0.3, -0.25) is 19.4 Å². The van der Waals surface area contributed by atoms with Crippen molar-refractivity contribution in [1.82, 2.24) is 19.2 Å². The van der Waals surface area contributed by atoms with Gasteiger partial charge in [0.2, 0.25) is 5.95 Å². The summed E-state index contributed by atoms with van der Waals surface area (Å²) < 4.78 is 54.2. The molecule has 2 aromatic heterocycles. The molecule has 3 heterocycles. The van der Waals surface area contributed by atoms with Crippen LogP contribution in [0.2, 0.25) is 0 Å². The SMILES string of the molecule is COc1ccc(C(OC[C@H]2O[C@@H](n3cc(CC(COC(C)=O)OC(C)=O)c4c(=O)[nH]c(NCC(C)C)nc43)C[C@@H]2OP(OCCC#N)N(C(C)C)C(C)C)(c2ccccc2)c2ccc(OC)cc2)cc1. The minimum atomic E-state index is -1.76. The summed E-state index contributed by atoms with van der Waals surface area (Å²) in [5.74, 6) is 0.755. The summed E-state index contributed by atoms with van der Waals surface area (Å²) in [7, 11) is 1.48. The molecule has 1 aliphatic rings. The van der Waals surface area contributed by atoms with Gasteiger partial charge in [-0.15, -0.1) is 0 Å². The Kier molecular flexibility index (Phi) is 19.0. The fourth-order valence-corrected chi connectivity index (χ4v) is 10.4. The molecule has 376 valence electrons. The monoisotopic (exact) mass is 982 g/mol. The number of methoxy groups -OCH3 is 2. The molecule has 1 saturated heterocycles. The standard InChI is InChI=1S/C52H67N6O11P/c1-33(2)29-54-51-55-49-48(50(61)56-51)38(27-44(67-37(8)60)31-64-36(7)59)30-57(49)47-28-45(69-70(66-26-14-25-53)58(34(3)4)35(5)6)46(68-47)32-65-52(39-15-12-11-13-16-39,40-17-21-42(62-9)22-18-40)41-19-23-43(63-10)24-20-41/h11-13,15-24,30,33-35,44-47H,14,26-29,31-32H2,1-10H3,(H2,54,55,56,61)/t44?,45-,46+,47+,70?/m0/s1. The first-order valence-electron chi connectivity index (χ1n) is 23.7. The van der Waals surface area contributed by atoms with E-state index >= 15 is 0 Å². The number of carbonyl (C=O) groups is 2. The highest BCUT2D eigenvalue weighted by Gasteiger charge is 2.45. The first kappa shape index (κ1) is 53.5. The normalized spacial score (nSPS) is 17.0. The zero-order valence-electron chi connectivity index (χ0n) is 41.8. The maximum atomic E-state index is 14.2. The Morgan fingerprint density at radius 2 is 1.54 bits per heavy atom. The van der Waals surface area contributed by atoms with E-state index in [1.807, 2.05) is 97.3 Å². The summed E-state index contributed by atoms with van der Waals surface area (Å²) in [5, 5.41) is 13.0. The zero-order valence-corrected chi connectivity index (χ0v) is 42.7. The number of nitriles is 1. The smallest absolute Gasteiger partial charge is 0.303 e. The zero-order chi connectivity index (χ0) is 50.5. The van der Waals surface area contributed by atoms with Crippen LogP contribution in [0.25, 0.3) is 11.0 Å². The molecule has 0 amide bonds. The average Bonchev–Trinajstić information content (AvgIpc) is 3.91. The van der Waals surface area contributed by atoms with Crippen molar-refractivity contribution in [3.8, 4) is 17.6 Å². The van der Waals surface area contributed by atoms with E-state index < -0.39 is 56.2 Å². The van der Waals surface area contributed by atoms with Crippen LogP contribution in [0.15, 0.2) is 89.9 Å². The lowest BCUT2D eigenvalue weighted by Crippen LogP contribution is -2.39. The topological polar surface area (TPSA) is 198 Å². The number of aromatic amines is 1. The van der Waals surface area contributed by atoms with Crippen LogP contribution in [0.5, 0.6) is 11.5 Å². The van der Waals surface area contributed by atoms with Gasteiger partial charge in [-0.2, -0.15) is 10.2 Å². The van der Waals surface area contributed by atoms with E-state index in [-0.39, 0.29) is 68.4 Å². The average molecular weight is 983 g/mol. The van der Waals surface area contributed by atoms with Crippen molar-refractivity contribution in [1.29, 1.82) is 5.26 Å². The van der Waals surface area contributed by atoms with Crippen molar-refractivity contribution in [3.05, 3.63) is 118 Å². The third-order valence-corrected chi connectivity index (χ3v) is 13.9. The van der Waals surface area contributed by atoms with Gasteiger partial charge in [0.05, 0.1) is 51.4 Å². The molecule has 0 aliphatic carbocycles. The predicted molar refractivity (Wildman–Crippen MR) is 266 cm³/mol. The van der Waals surface area contributed by atoms with Gasteiger partial charge in [0.15, 0.2) is 5.65 Å². The minimum Gasteiger partial charge on any atom is -0.497 e. The van der Waals surface area contributed by atoms with Crippen molar-refractivity contribution >= 4 is 37.4 Å². The second-order valence-corrected chi connectivity index (χ2v) is 19.5. The summed E-state index contributed by atoms with van der Waals surface area (Å²) in [6.07, 6.45) is -0.880. The minimum absolute atomic E-state index is 0.00296.